The normalized spacial score (nSPS) is 9.58. The van der Waals surface area contributed by atoms with Gasteiger partial charge in [0.15, 0.2) is 11.5 Å². The molecule has 12 heavy (non-hydrogen) atoms. The fraction of sp³-hybridized carbons (Fsp3) is 0.333. The Morgan fingerprint density at radius 1 is 1.17 bits per heavy atom. The number of benzene rings is 1. The average Bonchev–Trinajstić information content (AvgIpc) is 2.16. The van der Waals surface area contributed by atoms with Crippen molar-refractivity contribution < 1.29 is 14.6 Å². The van der Waals surface area contributed by atoms with Gasteiger partial charge in [0, 0.05) is 0 Å². The zero-order valence-corrected chi connectivity index (χ0v) is 7.20. The third-order valence-corrected chi connectivity index (χ3v) is 1.63. The molecule has 1 aromatic rings. The first-order valence-electron chi connectivity index (χ1n) is 3.63. The summed E-state index contributed by atoms with van der Waals surface area (Å²) in [6, 6.07) is 5.31. The van der Waals surface area contributed by atoms with E-state index in [1.165, 1.54) is 0 Å². The van der Waals surface area contributed by atoms with Gasteiger partial charge in [0.05, 0.1) is 20.8 Å². The van der Waals surface area contributed by atoms with E-state index in [0.717, 1.165) is 5.56 Å². The van der Waals surface area contributed by atoms with Crippen LogP contribution in [0.5, 0.6) is 11.5 Å². The molecule has 0 aliphatic carbocycles. The summed E-state index contributed by atoms with van der Waals surface area (Å²) in [7, 11) is 3.15. The molecule has 0 saturated carbocycles. The Balaban J connectivity index is 3.02. The molecular formula is C9H12O3. The first kappa shape index (κ1) is 8.87. The summed E-state index contributed by atoms with van der Waals surface area (Å²) in [6.07, 6.45) is 0. The maximum Gasteiger partial charge on any atom is 0.161 e. The summed E-state index contributed by atoms with van der Waals surface area (Å²) < 4.78 is 10.1. The molecule has 3 heteroatoms. The highest BCUT2D eigenvalue weighted by molar-refractivity contribution is 5.42. The zero-order chi connectivity index (χ0) is 8.97. The van der Waals surface area contributed by atoms with Gasteiger partial charge in [-0.25, -0.2) is 0 Å². The van der Waals surface area contributed by atoms with Crippen LogP contribution < -0.4 is 9.47 Å². The molecule has 0 amide bonds. The van der Waals surface area contributed by atoms with Crippen LogP contribution in [-0.2, 0) is 6.61 Å². The maximum absolute atomic E-state index is 8.82. The third kappa shape index (κ3) is 1.68. The third-order valence-electron chi connectivity index (χ3n) is 1.63. The van der Waals surface area contributed by atoms with Gasteiger partial charge in [-0.1, -0.05) is 6.07 Å². The number of aliphatic hydroxyl groups excluding tert-OH is 1. The molecule has 0 bridgehead atoms. The number of ether oxygens (including phenoxy) is 2. The first-order valence-corrected chi connectivity index (χ1v) is 3.63. The SMILES string of the molecule is COc1ccc(CO)cc1OC. The van der Waals surface area contributed by atoms with E-state index in [-0.39, 0.29) is 6.61 Å². The summed E-state index contributed by atoms with van der Waals surface area (Å²) in [6.45, 7) is 0.0142. The van der Waals surface area contributed by atoms with E-state index < -0.39 is 0 Å². The molecule has 0 heterocycles. The maximum atomic E-state index is 8.82. The summed E-state index contributed by atoms with van der Waals surface area (Å²) in [5, 5.41) is 8.82. The lowest BCUT2D eigenvalue weighted by Crippen LogP contribution is -1.92. The predicted molar refractivity (Wildman–Crippen MR) is 45.5 cm³/mol. The van der Waals surface area contributed by atoms with E-state index in [1.54, 1.807) is 32.4 Å². The van der Waals surface area contributed by atoms with Crippen LogP contribution in [0.1, 0.15) is 5.56 Å². The highest BCUT2D eigenvalue weighted by Gasteiger charge is 2.02. The second kappa shape index (κ2) is 3.97. The molecule has 0 radical (unpaired) electrons. The van der Waals surface area contributed by atoms with Gasteiger partial charge >= 0.3 is 0 Å². The standard InChI is InChI=1S/C9H12O3/c1-11-8-4-3-7(6-10)5-9(8)12-2/h3-5,10H,6H2,1-2H3. The smallest absolute Gasteiger partial charge is 0.161 e. The number of hydrogen-bond acceptors (Lipinski definition) is 3. The van der Waals surface area contributed by atoms with Crippen molar-refractivity contribution in [2.75, 3.05) is 14.2 Å². The number of rotatable bonds is 3. The minimum absolute atomic E-state index is 0.0142. The molecule has 3 nitrogen and oxygen atoms in total. The fourth-order valence-corrected chi connectivity index (χ4v) is 0.979. The lowest BCUT2D eigenvalue weighted by molar-refractivity contribution is 0.280. The van der Waals surface area contributed by atoms with Gasteiger partial charge in [-0.3, -0.25) is 0 Å². The Bertz CT molecular complexity index is 258. The second-order valence-corrected chi connectivity index (χ2v) is 2.35. The minimum Gasteiger partial charge on any atom is -0.493 e. The molecule has 0 unspecified atom stereocenters. The highest BCUT2D eigenvalue weighted by atomic mass is 16.5. The zero-order valence-electron chi connectivity index (χ0n) is 7.20. The Morgan fingerprint density at radius 2 is 1.83 bits per heavy atom. The van der Waals surface area contributed by atoms with E-state index >= 15 is 0 Å². The summed E-state index contributed by atoms with van der Waals surface area (Å²) in [5.41, 5.74) is 0.813. The quantitative estimate of drug-likeness (QED) is 0.737. The molecular weight excluding hydrogens is 156 g/mol. The molecule has 0 atom stereocenters. The van der Waals surface area contributed by atoms with Gasteiger partial charge in [-0.15, -0.1) is 0 Å². The van der Waals surface area contributed by atoms with Crippen molar-refractivity contribution in [1.29, 1.82) is 0 Å². The van der Waals surface area contributed by atoms with Crippen LogP contribution in [0.3, 0.4) is 0 Å². The molecule has 66 valence electrons. The van der Waals surface area contributed by atoms with E-state index in [1.807, 2.05) is 0 Å². The Hall–Kier alpha value is -1.22. The Labute approximate surface area is 71.5 Å². The average molecular weight is 168 g/mol. The largest absolute Gasteiger partial charge is 0.493 e. The van der Waals surface area contributed by atoms with Crippen LogP contribution in [0.4, 0.5) is 0 Å². The van der Waals surface area contributed by atoms with Crippen LogP contribution in [0.25, 0.3) is 0 Å². The van der Waals surface area contributed by atoms with Gasteiger partial charge in [0.2, 0.25) is 0 Å². The number of aliphatic hydroxyl groups is 1. The van der Waals surface area contributed by atoms with Crippen molar-refractivity contribution in [3.8, 4) is 11.5 Å². The molecule has 0 spiro atoms. The minimum atomic E-state index is 0.0142. The lowest BCUT2D eigenvalue weighted by Gasteiger charge is -2.07. The van der Waals surface area contributed by atoms with Gasteiger partial charge in [-0.2, -0.15) is 0 Å². The molecule has 0 aliphatic heterocycles. The Morgan fingerprint density at radius 3 is 2.33 bits per heavy atom. The molecule has 0 aliphatic rings. The van der Waals surface area contributed by atoms with Crippen LogP contribution in [0, 0.1) is 0 Å². The molecule has 1 N–H and O–H groups in total. The second-order valence-electron chi connectivity index (χ2n) is 2.35. The van der Waals surface area contributed by atoms with Crippen LogP contribution in [0.2, 0.25) is 0 Å². The van der Waals surface area contributed by atoms with E-state index in [2.05, 4.69) is 0 Å². The van der Waals surface area contributed by atoms with E-state index in [9.17, 15) is 0 Å². The van der Waals surface area contributed by atoms with Crippen molar-refractivity contribution in [1.82, 2.24) is 0 Å². The van der Waals surface area contributed by atoms with Gasteiger partial charge in [-0.05, 0) is 17.7 Å². The molecule has 1 rings (SSSR count). The summed E-state index contributed by atoms with van der Waals surface area (Å²) >= 11 is 0. The molecule has 0 fully saturated rings. The van der Waals surface area contributed by atoms with Gasteiger partial charge in [0.25, 0.3) is 0 Å². The fourth-order valence-electron chi connectivity index (χ4n) is 0.979. The molecule has 1 aromatic carbocycles. The van der Waals surface area contributed by atoms with Crippen molar-refractivity contribution in [2.45, 2.75) is 6.61 Å². The number of hydrogen-bond donors (Lipinski definition) is 1. The summed E-state index contributed by atoms with van der Waals surface area (Å²) in [4.78, 5) is 0. The first-order chi connectivity index (χ1) is 5.81. The Kier molecular flexibility index (Phi) is 2.94. The van der Waals surface area contributed by atoms with E-state index in [4.69, 9.17) is 14.6 Å². The lowest BCUT2D eigenvalue weighted by atomic mass is 10.2. The number of methoxy groups -OCH3 is 2. The monoisotopic (exact) mass is 168 g/mol. The summed E-state index contributed by atoms with van der Waals surface area (Å²) in [5.74, 6) is 1.32. The van der Waals surface area contributed by atoms with Crippen molar-refractivity contribution in [3.63, 3.8) is 0 Å². The van der Waals surface area contributed by atoms with Crippen molar-refractivity contribution in [2.24, 2.45) is 0 Å². The molecule has 0 aromatic heterocycles. The van der Waals surface area contributed by atoms with Gasteiger partial charge in [0.1, 0.15) is 0 Å². The molecule has 0 saturated heterocycles. The van der Waals surface area contributed by atoms with E-state index in [0.29, 0.717) is 11.5 Å². The van der Waals surface area contributed by atoms with Crippen LogP contribution in [0.15, 0.2) is 18.2 Å². The topological polar surface area (TPSA) is 38.7 Å². The van der Waals surface area contributed by atoms with Crippen LogP contribution in [-0.4, -0.2) is 19.3 Å². The van der Waals surface area contributed by atoms with Crippen molar-refractivity contribution >= 4 is 0 Å². The van der Waals surface area contributed by atoms with Crippen molar-refractivity contribution in [3.05, 3.63) is 23.8 Å². The predicted octanol–water partition coefficient (Wildman–Crippen LogP) is 1.20. The van der Waals surface area contributed by atoms with Crippen LogP contribution >= 0.6 is 0 Å². The van der Waals surface area contributed by atoms with Gasteiger partial charge < -0.3 is 14.6 Å². The highest BCUT2D eigenvalue weighted by Crippen LogP contribution is 2.27.